The van der Waals surface area contributed by atoms with E-state index >= 15 is 0 Å². The second-order valence-electron chi connectivity index (χ2n) is 6.60. The van der Waals surface area contributed by atoms with E-state index in [0.29, 0.717) is 6.42 Å². The first-order valence-corrected chi connectivity index (χ1v) is 8.79. The first kappa shape index (κ1) is 16.4. The van der Waals surface area contributed by atoms with Crippen LogP contribution in [0.3, 0.4) is 0 Å². The Morgan fingerprint density at radius 3 is 2.54 bits per heavy atom. The van der Waals surface area contributed by atoms with Crippen molar-refractivity contribution < 1.29 is 9.53 Å². The minimum atomic E-state index is -0.0615. The minimum absolute atomic E-state index is 0.0615. The molecule has 4 rings (SSSR count). The molecule has 0 bridgehead atoms. The van der Waals surface area contributed by atoms with Crippen molar-refractivity contribution in [3.63, 3.8) is 0 Å². The number of rotatable bonds is 3. The molecule has 3 aromatic carbocycles. The summed E-state index contributed by atoms with van der Waals surface area (Å²) >= 11 is 0. The standard InChI is InChI=1S/C23H21NO2/c1-16-15-24(20-12-5-6-13-23(20)26-2)21(14-22(16)25)19-11-7-9-17-8-3-4-10-18(17)19/h3-13,15,21H,14H2,1-2H3/t21-/m1/s1. The lowest BCUT2D eigenvalue weighted by atomic mass is 9.90. The Labute approximate surface area is 153 Å². The van der Waals surface area contributed by atoms with Gasteiger partial charge < -0.3 is 9.64 Å². The van der Waals surface area contributed by atoms with E-state index in [9.17, 15) is 4.79 Å². The molecule has 130 valence electrons. The number of anilines is 1. The van der Waals surface area contributed by atoms with Crippen LogP contribution >= 0.6 is 0 Å². The van der Waals surface area contributed by atoms with Crippen molar-refractivity contribution in [2.75, 3.05) is 12.0 Å². The van der Waals surface area contributed by atoms with Gasteiger partial charge in [-0.25, -0.2) is 0 Å². The largest absolute Gasteiger partial charge is 0.495 e. The molecule has 1 aliphatic rings. The summed E-state index contributed by atoms with van der Waals surface area (Å²) < 4.78 is 5.58. The first-order valence-electron chi connectivity index (χ1n) is 8.79. The molecule has 0 aromatic heterocycles. The second kappa shape index (κ2) is 6.68. The number of hydrogen-bond donors (Lipinski definition) is 0. The maximum absolute atomic E-state index is 12.5. The Bertz CT molecular complexity index is 1000. The van der Waals surface area contributed by atoms with Gasteiger partial charge in [-0.05, 0) is 35.4 Å². The van der Waals surface area contributed by atoms with Crippen LogP contribution in [-0.2, 0) is 4.79 Å². The summed E-state index contributed by atoms with van der Waals surface area (Å²) in [5.74, 6) is 0.991. The summed E-state index contributed by atoms with van der Waals surface area (Å²) in [5, 5.41) is 2.37. The SMILES string of the molecule is COc1ccccc1N1C=C(C)C(=O)C[C@@H]1c1cccc2ccccc12. The molecule has 0 fully saturated rings. The highest BCUT2D eigenvalue weighted by Crippen LogP contribution is 2.41. The maximum Gasteiger partial charge on any atom is 0.162 e. The average Bonchev–Trinajstić information content (AvgIpc) is 2.69. The van der Waals surface area contributed by atoms with Crippen LogP contribution in [0, 0.1) is 0 Å². The predicted molar refractivity (Wildman–Crippen MR) is 106 cm³/mol. The molecule has 0 N–H and O–H groups in total. The Morgan fingerprint density at radius 1 is 0.962 bits per heavy atom. The van der Waals surface area contributed by atoms with Gasteiger partial charge >= 0.3 is 0 Å². The van der Waals surface area contributed by atoms with Gasteiger partial charge in [0, 0.05) is 18.2 Å². The van der Waals surface area contributed by atoms with Crippen molar-refractivity contribution in [2.45, 2.75) is 19.4 Å². The molecule has 0 spiro atoms. The smallest absolute Gasteiger partial charge is 0.162 e. The number of carbonyl (C=O) groups excluding carboxylic acids is 1. The summed E-state index contributed by atoms with van der Waals surface area (Å²) in [5.41, 5.74) is 2.90. The average molecular weight is 343 g/mol. The molecule has 0 radical (unpaired) electrons. The van der Waals surface area contributed by atoms with E-state index in [-0.39, 0.29) is 11.8 Å². The summed E-state index contributed by atoms with van der Waals surface area (Å²) in [6.07, 6.45) is 2.41. The Morgan fingerprint density at radius 2 is 1.69 bits per heavy atom. The number of methoxy groups -OCH3 is 1. The van der Waals surface area contributed by atoms with Crippen LogP contribution < -0.4 is 9.64 Å². The van der Waals surface area contributed by atoms with Crippen LogP contribution in [0.2, 0.25) is 0 Å². The van der Waals surface area contributed by atoms with E-state index in [1.54, 1.807) is 7.11 Å². The van der Waals surface area contributed by atoms with Gasteiger partial charge in [0.25, 0.3) is 0 Å². The fourth-order valence-corrected chi connectivity index (χ4v) is 3.69. The Kier molecular flexibility index (Phi) is 4.21. The van der Waals surface area contributed by atoms with Crippen molar-refractivity contribution >= 4 is 22.2 Å². The molecule has 3 heteroatoms. The molecule has 3 aromatic rings. The number of carbonyl (C=O) groups is 1. The topological polar surface area (TPSA) is 29.5 Å². The second-order valence-corrected chi connectivity index (χ2v) is 6.60. The summed E-state index contributed by atoms with van der Waals surface area (Å²) in [7, 11) is 1.68. The highest BCUT2D eigenvalue weighted by atomic mass is 16.5. The van der Waals surface area contributed by atoms with Crippen molar-refractivity contribution in [2.24, 2.45) is 0 Å². The molecule has 0 aliphatic carbocycles. The van der Waals surface area contributed by atoms with Gasteiger partial charge in [0.2, 0.25) is 0 Å². The third kappa shape index (κ3) is 2.76. The number of para-hydroxylation sites is 2. The number of nitrogens with zero attached hydrogens (tertiary/aromatic N) is 1. The number of benzene rings is 3. The van der Waals surface area contributed by atoms with Gasteiger partial charge in [0.1, 0.15) is 5.75 Å². The Balaban J connectivity index is 1.91. The van der Waals surface area contributed by atoms with Crippen molar-refractivity contribution in [3.8, 4) is 5.75 Å². The molecule has 1 aliphatic heterocycles. The fraction of sp³-hybridized carbons (Fsp3) is 0.174. The third-order valence-electron chi connectivity index (χ3n) is 5.03. The highest BCUT2D eigenvalue weighted by Gasteiger charge is 2.30. The quantitative estimate of drug-likeness (QED) is 0.648. The van der Waals surface area contributed by atoms with Gasteiger partial charge in [0.05, 0.1) is 18.8 Å². The van der Waals surface area contributed by atoms with E-state index in [1.807, 2.05) is 49.5 Å². The zero-order chi connectivity index (χ0) is 18.1. The zero-order valence-electron chi connectivity index (χ0n) is 15.0. The lowest BCUT2D eigenvalue weighted by Crippen LogP contribution is -2.31. The van der Waals surface area contributed by atoms with Crippen LogP contribution in [0.15, 0.2) is 78.5 Å². The van der Waals surface area contributed by atoms with Crippen LogP contribution in [0.4, 0.5) is 5.69 Å². The monoisotopic (exact) mass is 343 g/mol. The van der Waals surface area contributed by atoms with Gasteiger partial charge in [-0.3, -0.25) is 4.79 Å². The van der Waals surface area contributed by atoms with Gasteiger partial charge in [-0.2, -0.15) is 0 Å². The zero-order valence-corrected chi connectivity index (χ0v) is 15.0. The molecule has 1 atom stereocenters. The number of allylic oxidation sites excluding steroid dienone is 1. The number of fused-ring (bicyclic) bond motifs is 1. The number of hydrogen-bond acceptors (Lipinski definition) is 3. The lowest BCUT2D eigenvalue weighted by Gasteiger charge is -2.36. The molecule has 0 saturated heterocycles. The molecular formula is C23H21NO2. The van der Waals surface area contributed by atoms with Gasteiger partial charge in [-0.15, -0.1) is 0 Å². The van der Waals surface area contributed by atoms with Crippen molar-refractivity contribution in [1.29, 1.82) is 0 Å². The van der Waals surface area contributed by atoms with Crippen LogP contribution in [0.5, 0.6) is 5.75 Å². The normalized spacial score (nSPS) is 17.3. The minimum Gasteiger partial charge on any atom is -0.495 e. The number of ketones is 1. The first-order chi connectivity index (χ1) is 12.7. The van der Waals surface area contributed by atoms with Crippen molar-refractivity contribution in [1.82, 2.24) is 0 Å². The van der Waals surface area contributed by atoms with Crippen LogP contribution in [-0.4, -0.2) is 12.9 Å². The van der Waals surface area contributed by atoms with E-state index < -0.39 is 0 Å². The molecule has 0 amide bonds. The third-order valence-corrected chi connectivity index (χ3v) is 5.03. The lowest BCUT2D eigenvalue weighted by molar-refractivity contribution is -0.116. The number of ether oxygens (including phenoxy) is 1. The van der Waals surface area contributed by atoms with Crippen molar-refractivity contribution in [3.05, 3.63) is 84.1 Å². The van der Waals surface area contributed by atoms with Gasteiger partial charge in [0.15, 0.2) is 5.78 Å². The highest BCUT2D eigenvalue weighted by molar-refractivity contribution is 5.98. The van der Waals surface area contributed by atoms with E-state index in [2.05, 4.69) is 35.2 Å². The molecule has 0 unspecified atom stereocenters. The van der Waals surface area contributed by atoms with Crippen LogP contribution in [0.25, 0.3) is 10.8 Å². The molecule has 26 heavy (non-hydrogen) atoms. The molecular weight excluding hydrogens is 322 g/mol. The van der Waals surface area contributed by atoms with Crippen LogP contribution in [0.1, 0.15) is 24.9 Å². The summed E-state index contributed by atoms with van der Waals surface area (Å²) in [6, 6.07) is 22.5. The molecule has 1 heterocycles. The van der Waals surface area contributed by atoms with Gasteiger partial charge in [-0.1, -0.05) is 54.6 Å². The van der Waals surface area contributed by atoms with E-state index in [4.69, 9.17) is 4.74 Å². The maximum atomic E-state index is 12.5. The van der Waals surface area contributed by atoms with E-state index in [0.717, 1.165) is 22.6 Å². The Hall–Kier alpha value is -3.07. The molecule has 3 nitrogen and oxygen atoms in total. The predicted octanol–water partition coefficient (Wildman–Crippen LogP) is 5.27. The summed E-state index contributed by atoms with van der Waals surface area (Å²) in [4.78, 5) is 14.7. The molecule has 0 saturated carbocycles. The number of Topliss-reactive ketones (excluding diaryl/α,β-unsaturated/α-hetero) is 1. The van der Waals surface area contributed by atoms with E-state index in [1.165, 1.54) is 10.8 Å². The summed E-state index contributed by atoms with van der Waals surface area (Å²) in [6.45, 7) is 1.88. The fourth-order valence-electron chi connectivity index (χ4n) is 3.69.